The smallest absolute Gasteiger partial charge is 0.223 e. The molecule has 0 bridgehead atoms. The van der Waals surface area contributed by atoms with E-state index in [1.54, 1.807) is 0 Å². The molecule has 2 unspecified atom stereocenters. The molecule has 0 aromatic rings. The first-order valence-electron chi connectivity index (χ1n) is 6.14. The Kier molecular flexibility index (Phi) is 5.87. The lowest BCUT2D eigenvalue weighted by Crippen LogP contribution is -2.35. The molecule has 0 aliphatic heterocycles. The number of rotatable bonds is 6. The molecule has 0 heterocycles. The Morgan fingerprint density at radius 3 is 2.94 bits per heavy atom. The molecule has 1 amide bonds. The van der Waals surface area contributed by atoms with Crippen molar-refractivity contribution in [3.05, 3.63) is 0 Å². The molecule has 1 aliphatic carbocycles. The fourth-order valence-corrected chi connectivity index (χ4v) is 2.34. The second kappa shape index (κ2) is 7.24. The van der Waals surface area contributed by atoms with Crippen molar-refractivity contribution in [2.45, 2.75) is 38.5 Å². The fourth-order valence-electron chi connectivity index (χ4n) is 2.34. The Hall–Kier alpha value is -1.08. The van der Waals surface area contributed by atoms with Gasteiger partial charge in [0.15, 0.2) is 0 Å². The summed E-state index contributed by atoms with van der Waals surface area (Å²) in [5.41, 5.74) is 5.64. The van der Waals surface area contributed by atoms with Crippen LogP contribution in [0, 0.1) is 23.2 Å². The maximum atomic E-state index is 11.8. The molecule has 1 rings (SSSR count). The fraction of sp³-hybridized carbons (Fsp3) is 0.833. The molecule has 0 radical (unpaired) electrons. The summed E-state index contributed by atoms with van der Waals surface area (Å²) in [5.74, 6) is 0.657. The zero-order valence-electron chi connectivity index (χ0n) is 9.74. The predicted molar refractivity (Wildman–Crippen MR) is 62.4 cm³/mol. The number of nitrogens with zero attached hydrogens (tertiary/aromatic N) is 1. The summed E-state index contributed by atoms with van der Waals surface area (Å²) >= 11 is 0. The van der Waals surface area contributed by atoms with Gasteiger partial charge in [0.1, 0.15) is 0 Å². The number of nitriles is 1. The second-order valence-electron chi connectivity index (χ2n) is 4.44. The van der Waals surface area contributed by atoms with Gasteiger partial charge in [-0.1, -0.05) is 6.42 Å². The molecule has 2 atom stereocenters. The highest BCUT2D eigenvalue weighted by Gasteiger charge is 2.31. The first-order valence-corrected chi connectivity index (χ1v) is 6.14. The number of carbonyl (C=O) groups is 1. The van der Waals surface area contributed by atoms with Gasteiger partial charge in [0.2, 0.25) is 5.91 Å². The van der Waals surface area contributed by atoms with Crippen LogP contribution in [-0.4, -0.2) is 19.0 Å². The van der Waals surface area contributed by atoms with E-state index < -0.39 is 0 Å². The number of nitrogens with two attached hydrogens (primary N) is 1. The van der Waals surface area contributed by atoms with Crippen LogP contribution in [0.4, 0.5) is 0 Å². The Morgan fingerprint density at radius 2 is 2.25 bits per heavy atom. The number of unbranched alkanes of at least 4 members (excludes halogenated alkanes) is 2. The van der Waals surface area contributed by atoms with Gasteiger partial charge in [-0.15, -0.1) is 0 Å². The van der Waals surface area contributed by atoms with Crippen molar-refractivity contribution in [1.29, 1.82) is 5.26 Å². The van der Waals surface area contributed by atoms with E-state index in [0.717, 1.165) is 32.1 Å². The van der Waals surface area contributed by atoms with Gasteiger partial charge in [-0.05, 0) is 38.1 Å². The van der Waals surface area contributed by atoms with Gasteiger partial charge < -0.3 is 11.1 Å². The highest BCUT2D eigenvalue weighted by atomic mass is 16.1. The summed E-state index contributed by atoms with van der Waals surface area (Å²) in [6.45, 7) is 1.31. The molecule has 1 fully saturated rings. The van der Waals surface area contributed by atoms with E-state index in [1.807, 2.05) is 0 Å². The normalized spacial score (nSPS) is 24.0. The Balaban J connectivity index is 2.17. The minimum absolute atomic E-state index is 0.126. The van der Waals surface area contributed by atoms with E-state index in [0.29, 0.717) is 25.4 Å². The molecule has 4 heteroatoms. The minimum atomic E-state index is 0.126. The van der Waals surface area contributed by atoms with Gasteiger partial charge in [-0.3, -0.25) is 4.79 Å². The molecular weight excluding hydrogens is 202 g/mol. The van der Waals surface area contributed by atoms with E-state index in [4.69, 9.17) is 11.0 Å². The van der Waals surface area contributed by atoms with E-state index in [1.165, 1.54) is 0 Å². The quantitative estimate of drug-likeness (QED) is 0.663. The zero-order chi connectivity index (χ0) is 11.8. The lowest BCUT2D eigenvalue weighted by Gasteiger charge is -2.17. The van der Waals surface area contributed by atoms with Crippen LogP contribution in [0.2, 0.25) is 0 Å². The molecular formula is C12H21N3O. The van der Waals surface area contributed by atoms with Gasteiger partial charge in [0, 0.05) is 18.9 Å². The number of amides is 1. The van der Waals surface area contributed by atoms with Gasteiger partial charge >= 0.3 is 0 Å². The number of nitrogens with one attached hydrogen (secondary N) is 1. The van der Waals surface area contributed by atoms with Crippen molar-refractivity contribution in [3.8, 4) is 6.07 Å². The highest BCUT2D eigenvalue weighted by molar-refractivity contribution is 5.79. The van der Waals surface area contributed by atoms with Crippen molar-refractivity contribution in [1.82, 2.24) is 5.32 Å². The minimum Gasteiger partial charge on any atom is -0.356 e. The summed E-state index contributed by atoms with van der Waals surface area (Å²) < 4.78 is 0. The molecule has 0 saturated heterocycles. The summed E-state index contributed by atoms with van der Waals surface area (Å²) in [7, 11) is 0. The molecule has 3 N–H and O–H groups in total. The third-order valence-corrected chi connectivity index (χ3v) is 3.31. The molecule has 0 aromatic heterocycles. The number of hydrogen-bond donors (Lipinski definition) is 2. The molecule has 4 nitrogen and oxygen atoms in total. The molecule has 90 valence electrons. The maximum absolute atomic E-state index is 11.8. The van der Waals surface area contributed by atoms with Crippen LogP contribution in [0.3, 0.4) is 0 Å². The van der Waals surface area contributed by atoms with E-state index in [9.17, 15) is 4.79 Å². The van der Waals surface area contributed by atoms with Crippen LogP contribution in [0.1, 0.15) is 38.5 Å². The summed E-state index contributed by atoms with van der Waals surface area (Å²) in [6, 6.07) is 2.10. The first-order chi connectivity index (χ1) is 7.79. The van der Waals surface area contributed by atoms with Gasteiger partial charge in [0.05, 0.1) is 6.07 Å². The topological polar surface area (TPSA) is 78.9 Å². The van der Waals surface area contributed by atoms with Crippen molar-refractivity contribution < 1.29 is 4.79 Å². The third-order valence-electron chi connectivity index (χ3n) is 3.31. The van der Waals surface area contributed by atoms with Crippen LogP contribution in [0.15, 0.2) is 0 Å². The monoisotopic (exact) mass is 223 g/mol. The maximum Gasteiger partial charge on any atom is 0.223 e. The standard InChI is InChI=1S/C12H21N3O/c13-7-2-1-3-8-15-12(16)11-6-4-5-10(11)9-14/h10-11H,1-6,8-9,14H2,(H,15,16). The second-order valence-corrected chi connectivity index (χ2v) is 4.44. The zero-order valence-corrected chi connectivity index (χ0v) is 9.74. The summed E-state index contributed by atoms with van der Waals surface area (Å²) in [5, 5.41) is 11.3. The van der Waals surface area contributed by atoms with Crippen molar-refractivity contribution >= 4 is 5.91 Å². The van der Waals surface area contributed by atoms with Crippen LogP contribution >= 0.6 is 0 Å². The lowest BCUT2D eigenvalue weighted by molar-refractivity contribution is -0.125. The van der Waals surface area contributed by atoms with E-state index in [2.05, 4.69) is 11.4 Å². The molecule has 1 aliphatic rings. The molecule has 0 spiro atoms. The average Bonchev–Trinajstić information content (AvgIpc) is 2.76. The molecule has 0 aromatic carbocycles. The van der Waals surface area contributed by atoms with Gasteiger partial charge in [-0.25, -0.2) is 0 Å². The van der Waals surface area contributed by atoms with Crippen LogP contribution in [-0.2, 0) is 4.79 Å². The van der Waals surface area contributed by atoms with E-state index >= 15 is 0 Å². The van der Waals surface area contributed by atoms with Crippen molar-refractivity contribution in [2.75, 3.05) is 13.1 Å². The molecule has 16 heavy (non-hydrogen) atoms. The first kappa shape index (κ1) is 13.0. The highest BCUT2D eigenvalue weighted by Crippen LogP contribution is 2.30. The molecule has 1 saturated carbocycles. The largest absolute Gasteiger partial charge is 0.356 e. The lowest BCUT2D eigenvalue weighted by atomic mass is 9.95. The Labute approximate surface area is 97.2 Å². The van der Waals surface area contributed by atoms with E-state index in [-0.39, 0.29) is 11.8 Å². The predicted octanol–water partition coefficient (Wildman–Crippen LogP) is 1.17. The Morgan fingerprint density at radius 1 is 1.44 bits per heavy atom. The van der Waals surface area contributed by atoms with Crippen LogP contribution in [0.25, 0.3) is 0 Å². The van der Waals surface area contributed by atoms with Gasteiger partial charge in [0.25, 0.3) is 0 Å². The average molecular weight is 223 g/mol. The SMILES string of the molecule is N#CCCCCNC(=O)C1CCCC1CN. The summed E-state index contributed by atoms with van der Waals surface area (Å²) in [6.07, 6.45) is 5.51. The van der Waals surface area contributed by atoms with Crippen LogP contribution < -0.4 is 11.1 Å². The third kappa shape index (κ3) is 3.82. The number of carbonyl (C=O) groups excluding carboxylic acids is 1. The van der Waals surface area contributed by atoms with Crippen LogP contribution in [0.5, 0.6) is 0 Å². The van der Waals surface area contributed by atoms with Crippen molar-refractivity contribution in [2.24, 2.45) is 17.6 Å². The van der Waals surface area contributed by atoms with Gasteiger partial charge in [-0.2, -0.15) is 5.26 Å². The number of hydrogen-bond acceptors (Lipinski definition) is 3. The Bertz CT molecular complexity index is 259. The summed E-state index contributed by atoms with van der Waals surface area (Å²) in [4.78, 5) is 11.8. The van der Waals surface area contributed by atoms with Crippen molar-refractivity contribution in [3.63, 3.8) is 0 Å².